The second-order valence-corrected chi connectivity index (χ2v) is 4.68. The van der Waals surface area contributed by atoms with Crippen molar-refractivity contribution >= 4 is 5.97 Å². The van der Waals surface area contributed by atoms with Crippen molar-refractivity contribution in [3.8, 4) is 0 Å². The molecule has 3 rings (SSSR count). The van der Waals surface area contributed by atoms with E-state index in [2.05, 4.69) is 5.10 Å². The molecule has 0 amide bonds. The Morgan fingerprint density at radius 2 is 2.06 bits per heavy atom. The predicted molar refractivity (Wildman–Crippen MR) is 66.7 cm³/mol. The first-order valence-corrected chi connectivity index (χ1v) is 6.09. The molecule has 4 nitrogen and oxygen atoms in total. The number of nitrogens with zero attached hydrogens (tertiary/aromatic N) is 2. The maximum absolute atomic E-state index is 11.0. The Bertz CT molecular complexity index is 571. The molecule has 0 aliphatic heterocycles. The fraction of sp³-hybridized carbons (Fsp3) is 0.286. The number of carbonyl (C=O) groups is 1. The fourth-order valence-corrected chi connectivity index (χ4v) is 2.13. The molecule has 1 saturated carbocycles. The Morgan fingerprint density at radius 3 is 2.67 bits per heavy atom. The molecular formula is C14H14N2O2. The van der Waals surface area contributed by atoms with Gasteiger partial charge < -0.3 is 5.11 Å². The van der Waals surface area contributed by atoms with Crippen molar-refractivity contribution in [3.05, 3.63) is 53.3 Å². The van der Waals surface area contributed by atoms with E-state index in [0.29, 0.717) is 12.5 Å². The van der Waals surface area contributed by atoms with Gasteiger partial charge in [0.05, 0.1) is 6.54 Å². The Hall–Kier alpha value is -2.10. The van der Waals surface area contributed by atoms with Crippen LogP contribution in [0.15, 0.2) is 36.4 Å². The van der Waals surface area contributed by atoms with Gasteiger partial charge in [-0.15, -0.1) is 0 Å². The summed E-state index contributed by atoms with van der Waals surface area (Å²) in [6, 6.07) is 11.7. The summed E-state index contributed by atoms with van der Waals surface area (Å²) in [5.74, 6) is -0.460. The molecule has 92 valence electrons. The summed E-state index contributed by atoms with van der Waals surface area (Å²) in [7, 11) is 0. The summed E-state index contributed by atoms with van der Waals surface area (Å²) < 4.78 is 1.83. The van der Waals surface area contributed by atoms with E-state index in [0.717, 1.165) is 24.1 Å². The number of hydrogen-bond acceptors (Lipinski definition) is 2. The van der Waals surface area contributed by atoms with E-state index in [-0.39, 0.29) is 5.69 Å². The molecule has 1 aromatic heterocycles. The van der Waals surface area contributed by atoms with Crippen molar-refractivity contribution in [3.63, 3.8) is 0 Å². The average Bonchev–Trinajstić information content (AvgIpc) is 3.12. The molecule has 1 N–H and O–H groups in total. The molecular weight excluding hydrogens is 228 g/mol. The average molecular weight is 242 g/mol. The Labute approximate surface area is 105 Å². The maximum atomic E-state index is 11.0. The van der Waals surface area contributed by atoms with Crippen LogP contribution in [-0.4, -0.2) is 20.9 Å². The van der Waals surface area contributed by atoms with Crippen molar-refractivity contribution in [1.82, 2.24) is 9.78 Å². The number of aromatic nitrogens is 2. The van der Waals surface area contributed by atoms with Gasteiger partial charge in [0.15, 0.2) is 5.69 Å². The highest BCUT2D eigenvalue weighted by molar-refractivity contribution is 5.85. The lowest BCUT2D eigenvalue weighted by Crippen LogP contribution is -2.06. The highest BCUT2D eigenvalue weighted by Crippen LogP contribution is 2.40. The Balaban J connectivity index is 1.92. The third kappa shape index (κ3) is 2.14. The maximum Gasteiger partial charge on any atom is 0.356 e. The van der Waals surface area contributed by atoms with Crippen LogP contribution in [0.2, 0.25) is 0 Å². The lowest BCUT2D eigenvalue weighted by molar-refractivity contribution is 0.0689. The third-order valence-electron chi connectivity index (χ3n) is 3.20. The quantitative estimate of drug-likeness (QED) is 0.896. The molecule has 1 fully saturated rings. The summed E-state index contributed by atoms with van der Waals surface area (Å²) in [6.45, 7) is 0.639. The number of benzene rings is 1. The monoisotopic (exact) mass is 242 g/mol. The van der Waals surface area contributed by atoms with Gasteiger partial charge in [-0.3, -0.25) is 4.68 Å². The number of carboxylic acids is 1. The lowest BCUT2D eigenvalue weighted by atomic mass is 10.2. The molecule has 0 radical (unpaired) electrons. The molecule has 0 spiro atoms. The minimum absolute atomic E-state index is 0.146. The van der Waals surface area contributed by atoms with Gasteiger partial charge in [-0.2, -0.15) is 5.10 Å². The smallest absolute Gasteiger partial charge is 0.356 e. The van der Waals surface area contributed by atoms with Crippen molar-refractivity contribution in [2.24, 2.45) is 0 Å². The molecule has 0 atom stereocenters. The van der Waals surface area contributed by atoms with Crippen molar-refractivity contribution in [1.29, 1.82) is 0 Å². The third-order valence-corrected chi connectivity index (χ3v) is 3.20. The van der Waals surface area contributed by atoms with E-state index in [1.165, 1.54) is 0 Å². The normalized spacial score (nSPS) is 14.7. The summed E-state index contributed by atoms with van der Waals surface area (Å²) in [5.41, 5.74) is 2.34. The highest BCUT2D eigenvalue weighted by Gasteiger charge is 2.29. The molecule has 0 bridgehead atoms. The van der Waals surface area contributed by atoms with E-state index in [9.17, 15) is 4.79 Å². The van der Waals surface area contributed by atoms with Crippen LogP contribution in [0.1, 0.15) is 40.5 Å². The first-order valence-electron chi connectivity index (χ1n) is 6.09. The number of hydrogen-bond donors (Lipinski definition) is 1. The van der Waals surface area contributed by atoms with Crippen molar-refractivity contribution in [2.45, 2.75) is 25.3 Å². The molecule has 1 aliphatic carbocycles. The molecule has 1 aliphatic rings. The van der Waals surface area contributed by atoms with Gasteiger partial charge >= 0.3 is 5.97 Å². The van der Waals surface area contributed by atoms with Crippen LogP contribution in [0.3, 0.4) is 0 Å². The lowest BCUT2D eigenvalue weighted by Gasteiger charge is -2.06. The topological polar surface area (TPSA) is 55.1 Å². The second kappa shape index (κ2) is 4.29. The summed E-state index contributed by atoms with van der Waals surface area (Å²) >= 11 is 0. The number of carboxylic acid groups (broad SMARTS) is 1. The van der Waals surface area contributed by atoms with E-state index in [4.69, 9.17) is 5.11 Å². The fourth-order valence-electron chi connectivity index (χ4n) is 2.13. The minimum atomic E-state index is -0.955. The summed E-state index contributed by atoms with van der Waals surface area (Å²) in [5, 5.41) is 13.2. The Morgan fingerprint density at radius 1 is 1.33 bits per heavy atom. The van der Waals surface area contributed by atoms with Gasteiger partial charge in [0.2, 0.25) is 0 Å². The predicted octanol–water partition coefficient (Wildman–Crippen LogP) is 2.51. The van der Waals surface area contributed by atoms with Crippen LogP contribution in [-0.2, 0) is 6.54 Å². The van der Waals surface area contributed by atoms with Crippen LogP contribution in [0.4, 0.5) is 0 Å². The minimum Gasteiger partial charge on any atom is -0.476 e. The van der Waals surface area contributed by atoms with E-state index in [1.807, 2.05) is 35.0 Å². The van der Waals surface area contributed by atoms with Gasteiger partial charge in [-0.05, 0) is 24.5 Å². The molecule has 2 aromatic rings. The largest absolute Gasteiger partial charge is 0.476 e. The summed E-state index contributed by atoms with van der Waals surface area (Å²) in [4.78, 5) is 11.0. The van der Waals surface area contributed by atoms with Gasteiger partial charge in [-0.25, -0.2) is 4.79 Å². The van der Waals surface area contributed by atoms with Gasteiger partial charge in [0, 0.05) is 11.6 Å². The van der Waals surface area contributed by atoms with Crippen LogP contribution in [0, 0.1) is 0 Å². The van der Waals surface area contributed by atoms with Gasteiger partial charge in [0.1, 0.15) is 0 Å². The van der Waals surface area contributed by atoms with Crippen LogP contribution < -0.4 is 0 Å². The molecule has 0 saturated heterocycles. The van der Waals surface area contributed by atoms with E-state index >= 15 is 0 Å². The van der Waals surface area contributed by atoms with Crippen molar-refractivity contribution in [2.75, 3.05) is 0 Å². The molecule has 1 heterocycles. The first kappa shape index (κ1) is 11.0. The van der Waals surface area contributed by atoms with Crippen molar-refractivity contribution < 1.29 is 9.90 Å². The molecule has 1 aromatic carbocycles. The summed E-state index contributed by atoms with van der Waals surface area (Å²) in [6.07, 6.45) is 2.28. The van der Waals surface area contributed by atoms with E-state index in [1.54, 1.807) is 6.07 Å². The SMILES string of the molecule is O=C(O)c1cc(C2CC2)n(Cc2ccccc2)n1. The molecule has 4 heteroatoms. The molecule has 18 heavy (non-hydrogen) atoms. The standard InChI is InChI=1S/C14H14N2O2/c17-14(18)12-8-13(11-6-7-11)16(15-12)9-10-4-2-1-3-5-10/h1-5,8,11H,6-7,9H2,(H,17,18). The second-order valence-electron chi connectivity index (χ2n) is 4.68. The molecule has 0 unspecified atom stereocenters. The Kier molecular flexibility index (Phi) is 2.63. The zero-order valence-corrected chi connectivity index (χ0v) is 9.91. The van der Waals surface area contributed by atoms with Gasteiger partial charge in [-0.1, -0.05) is 30.3 Å². The zero-order chi connectivity index (χ0) is 12.5. The van der Waals surface area contributed by atoms with E-state index < -0.39 is 5.97 Å². The van der Waals surface area contributed by atoms with Crippen LogP contribution in [0.5, 0.6) is 0 Å². The first-order chi connectivity index (χ1) is 8.74. The number of aromatic carboxylic acids is 1. The van der Waals surface area contributed by atoms with Crippen LogP contribution in [0.25, 0.3) is 0 Å². The zero-order valence-electron chi connectivity index (χ0n) is 9.91. The highest BCUT2D eigenvalue weighted by atomic mass is 16.4. The van der Waals surface area contributed by atoms with Crippen LogP contribution >= 0.6 is 0 Å². The number of rotatable bonds is 4. The van der Waals surface area contributed by atoms with Gasteiger partial charge in [0.25, 0.3) is 0 Å².